The number of halogens is 1. The van der Waals surface area contributed by atoms with Crippen LogP contribution in [0.3, 0.4) is 0 Å². The van der Waals surface area contributed by atoms with Gasteiger partial charge in [0.1, 0.15) is 5.75 Å². The predicted molar refractivity (Wildman–Crippen MR) is 73.2 cm³/mol. The molecular formula is C14H17BrO3. The van der Waals surface area contributed by atoms with Crippen LogP contribution in [0.4, 0.5) is 0 Å². The number of ether oxygens (including phenoxy) is 2. The van der Waals surface area contributed by atoms with Gasteiger partial charge in [-0.25, -0.2) is 0 Å². The van der Waals surface area contributed by atoms with E-state index in [1.54, 1.807) is 13.0 Å². The third-order valence-corrected chi connectivity index (χ3v) is 3.77. The number of carbonyl (C=O) groups is 1. The van der Waals surface area contributed by atoms with Crippen LogP contribution in [0.15, 0.2) is 22.7 Å². The second-order valence-electron chi connectivity index (χ2n) is 4.57. The van der Waals surface area contributed by atoms with Crippen molar-refractivity contribution in [3.05, 3.63) is 28.2 Å². The van der Waals surface area contributed by atoms with Crippen LogP contribution in [0.25, 0.3) is 0 Å². The zero-order valence-electron chi connectivity index (χ0n) is 10.4. The van der Waals surface area contributed by atoms with Crippen LogP contribution >= 0.6 is 15.9 Å². The summed E-state index contributed by atoms with van der Waals surface area (Å²) >= 11 is 3.44. The van der Waals surface area contributed by atoms with Crippen molar-refractivity contribution in [2.45, 2.75) is 19.8 Å². The highest BCUT2D eigenvalue weighted by Crippen LogP contribution is 2.27. The SMILES string of the molecule is CC(=O)c1ccc(OCC2CCOCC2)c(Br)c1. The second-order valence-corrected chi connectivity index (χ2v) is 5.42. The molecule has 0 aliphatic carbocycles. The third-order valence-electron chi connectivity index (χ3n) is 3.15. The Labute approximate surface area is 116 Å². The molecule has 1 saturated heterocycles. The Kier molecular flexibility index (Phi) is 4.78. The van der Waals surface area contributed by atoms with Gasteiger partial charge in [-0.3, -0.25) is 4.79 Å². The van der Waals surface area contributed by atoms with Gasteiger partial charge in [-0.15, -0.1) is 0 Å². The van der Waals surface area contributed by atoms with Crippen molar-refractivity contribution in [3.8, 4) is 5.75 Å². The van der Waals surface area contributed by atoms with E-state index in [0.717, 1.165) is 36.3 Å². The second kappa shape index (κ2) is 6.34. The maximum Gasteiger partial charge on any atom is 0.159 e. The van der Waals surface area contributed by atoms with Crippen molar-refractivity contribution < 1.29 is 14.3 Å². The van der Waals surface area contributed by atoms with E-state index >= 15 is 0 Å². The van der Waals surface area contributed by atoms with E-state index in [0.29, 0.717) is 18.1 Å². The number of hydrogen-bond donors (Lipinski definition) is 0. The van der Waals surface area contributed by atoms with E-state index in [1.807, 2.05) is 12.1 Å². The summed E-state index contributed by atoms with van der Waals surface area (Å²) in [6.07, 6.45) is 2.12. The van der Waals surface area contributed by atoms with Crippen LogP contribution < -0.4 is 4.74 Å². The van der Waals surface area contributed by atoms with Gasteiger partial charge in [0.2, 0.25) is 0 Å². The monoisotopic (exact) mass is 312 g/mol. The first-order valence-electron chi connectivity index (χ1n) is 6.18. The molecule has 1 aromatic rings. The minimum Gasteiger partial charge on any atom is -0.492 e. The summed E-state index contributed by atoms with van der Waals surface area (Å²) in [7, 11) is 0. The van der Waals surface area contributed by atoms with Crippen LogP contribution in [-0.2, 0) is 4.74 Å². The van der Waals surface area contributed by atoms with Crippen molar-refractivity contribution in [3.63, 3.8) is 0 Å². The molecule has 0 N–H and O–H groups in total. The summed E-state index contributed by atoms with van der Waals surface area (Å²) in [4.78, 5) is 11.2. The maximum absolute atomic E-state index is 11.2. The molecule has 1 fully saturated rings. The van der Waals surface area contributed by atoms with Gasteiger partial charge in [0.05, 0.1) is 11.1 Å². The molecule has 0 aromatic heterocycles. The van der Waals surface area contributed by atoms with Crippen LogP contribution in [0.1, 0.15) is 30.1 Å². The van der Waals surface area contributed by atoms with E-state index in [1.165, 1.54) is 0 Å². The minimum atomic E-state index is 0.0617. The number of hydrogen-bond acceptors (Lipinski definition) is 3. The van der Waals surface area contributed by atoms with Crippen molar-refractivity contribution in [2.24, 2.45) is 5.92 Å². The van der Waals surface area contributed by atoms with E-state index in [-0.39, 0.29) is 5.78 Å². The van der Waals surface area contributed by atoms with E-state index in [9.17, 15) is 4.79 Å². The molecule has 0 amide bonds. The molecule has 1 aliphatic rings. The van der Waals surface area contributed by atoms with E-state index in [4.69, 9.17) is 9.47 Å². The summed E-state index contributed by atoms with van der Waals surface area (Å²) in [5.74, 6) is 1.43. The van der Waals surface area contributed by atoms with E-state index in [2.05, 4.69) is 15.9 Å². The Balaban J connectivity index is 1.94. The average Bonchev–Trinajstić information content (AvgIpc) is 2.38. The Bertz CT molecular complexity index is 425. The van der Waals surface area contributed by atoms with Crippen molar-refractivity contribution in [1.82, 2.24) is 0 Å². The zero-order chi connectivity index (χ0) is 13.0. The van der Waals surface area contributed by atoms with E-state index < -0.39 is 0 Å². The maximum atomic E-state index is 11.2. The lowest BCUT2D eigenvalue weighted by Crippen LogP contribution is -2.21. The van der Waals surface area contributed by atoms with Gasteiger partial charge < -0.3 is 9.47 Å². The Morgan fingerprint density at radius 3 is 2.78 bits per heavy atom. The lowest BCUT2D eigenvalue weighted by Gasteiger charge is -2.22. The topological polar surface area (TPSA) is 35.5 Å². The molecule has 4 heteroatoms. The molecule has 1 aromatic carbocycles. The molecule has 1 heterocycles. The minimum absolute atomic E-state index is 0.0617. The van der Waals surface area contributed by atoms with Crippen molar-refractivity contribution in [1.29, 1.82) is 0 Å². The summed E-state index contributed by atoms with van der Waals surface area (Å²) in [5, 5.41) is 0. The van der Waals surface area contributed by atoms with Gasteiger partial charge in [-0.1, -0.05) is 0 Å². The van der Waals surface area contributed by atoms with Crippen molar-refractivity contribution in [2.75, 3.05) is 19.8 Å². The molecule has 98 valence electrons. The molecule has 0 spiro atoms. The molecule has 0 unspecified atom stereocenters. The summed E-state index contributed by atoms with van der Waals surface area (Å²) < 4.78 is 11.9. The van der Waals surface area contributed by atoms with Crippen LogP contribution in [0.5, 0.6) is 5.75 Å². The molecule has 0 radical (unpaired) electrons. The molecule has 0 atom stereocenters. The highest BCUT2D eigenvalue weighted by molar-refractivity contribution is 9.10. The highest BCUT2D eigenvalue weighted by atomic mass is 79.9. The quantitative estimate of drug-likeness (QED) is 0.799. The molecule has 2 rings (SSSR count). The average molecular weight is 313 g/mol. The van der Waals surface area contributed by atoms with Crippen LogP contribution in [-0.4, -0.2) is 25.6 Å². The number of rotatable bonds is 4. The fraction of sp³-hybridized carbons (Fsp3) is 0.500. The van der Waals surface area contributed by atoms with Gasteiger partial charge in [-0.05, 0) is 59.8 Å². The normalized spacial score (nSPS) is 16.6. The highest BCUT2D eigenvalue weighted by Gasteiger charge is 2.15. The predicted octanol–water partition coefficient (Wildman–Crippen LogP) is 3.46. The lowest BCUT2D eigenvalue weighted by atomic mass is 10.0. The zero-order valence-corrected chi connectivity index (χ0v) is 12.0. The smallest absolute Gasteiger partial charge is 0.159 e. The first kappa shape index (κ1) is 13.6. The molecular weight excluding hydrogens is 296 g/mol. The Morgan fingerprint density at radius 1 is 1.44 bits per heavy atom. The summed E-state index contributed by atoms with van der Waals surface area (Å²) in [5.41, 5.74) is 0.695. The first-order valence-corrected chi connectivity index (χ1v) is 6.97. The largest absolute Gasteiger partial charge is 0.492 e. The number of ketones is 1. The van der Waals surface area contributed by atoms with Crippen LogP contribution in [0, 0.1) is 5.92 Å². The third kappa shape index (κ3) is 3.56. The van der Waals surface area contributed by atoms with Gasteiger partial charge in [0, 0.05) is 18.8 Å². The lowest BCUT2D eigenvalue weighted by molar-refractivity contribution is 0.0496. The van der Waals surface area contributed by atoms with Gasteiger partial charge in [0.15, 0.2) is 5.78 Å². The number of carbonyl (C=O) groups excluding carboxylic acids is 1. The molecule has 18 heavy (non-hydrogen) atoms. The van der Waals surface area contributed by atoms with Crippen molar-refractivity contribution >= 4 is 21.7 Å². The van der Waals surface area contributed by atoms with Gasteiger partial charge in [0.25, 0.3) is 0 Å². The molecule has 0 saturated carbocycles. The Hall–Kier alpha value is -0.870. The van der Waals surface area contributed by atoms with Gasteiger partial charge in [-0.2, -0.15) is 0 Å². The fourth-order valence-electron chi connectivity index (χ4n) is 1.96. The number of Topliss-reactive ketones (excluding diaryl/α,β-unsaturated/α-hetero) is 1. The standard InChI is InChI=1S/C14H17BrO3/c1-10(16)12-2-3-14(13(15)8-12)18-9-11-4-6-17-7-5-11/h2-3,8,11H,4-7,9H2,1H3. The van der Waals surface area contributed by atoms with Crippen LogP contribution in [0.2, 0.25) is 0 Å². The summed E-state index contributed by atoms with van der Waals surface area (Å²) in [6.45, 7) is 3.93. The molecule has 0 bridgehead atoms. The van der Waals surface area contributed by atoms with Gasteiger partial charge >= 0.3 is 0 Å². The molecule has 1 aliphatic heterocycles. The summed E-state index contributed by atoms with van der Waals surface area (Å²) in [6, 6.07) is 5.45. The Morgan fingerprint density at radius 2 is 2.17 bits per heavy atom. The molecule has 3 nitrogen and oxygen atoms in total. The first-order chi connectivity index (χ1) is 8.66. The number of benzene rings is 1. The fourth-order valence-corrected chi connectivity index (χ4v) is 2.45.